The number of ether oxygens (including phenoxy) is 1. The Hall–Kier alpha value is -0.0400. The normalized spacial score (nSPS) is 15.7. The highest BCUT2D eigenvalue weighted by Crippen LogP contribution is 2.28. The zero-order valence-corrected chi connectivity index (χ0v) is 9.86. The third-order valence-corrected chi connectivity index (χ3v) is 2.79. The number of rotatable bonds is 8. The van der Waals surface area contributed by atoms with E-state index in [0.29, 0.717) is 0 Å². The van der Waals surface area contributed by atoms with Crippen LogP contribution in [0.1, 0.15) is 66.2 Å². The van der Waals surface area contributed by atoms with Crippen LogP contribution in [0, 0.1) is 0 Å². The molecule has 80 valence electrons. The molecule has 13 heavy (non-hydrogen) atoms. The van der Waals surface area contributed by atoms with Crippen LogP contribution < -0.4 is 0 Å². The first kappa shape index (κ1) is 13.0. The molecule has 0 saturated heterocycles. The van der Waals surface area contributed by atoms with Crippen molar-refractivity contribution in [2.75, 3.05) is 6.61 Å². The van der Waals surface area contributed by atoms with Gasteiger partial charge in [-0.3, -0.25) is 0 Å². The lowest BCUT2D eigenvalue weighted by Gasteiger charge is -2.32. The van der Waals surface area contributed by atoms with E-state index in [9.17, 15) is 0 Å². The Morgan fingerprint density at radius 2 is 1.62 bits per heavy atom. The summed E-state index contributed by atoms with van der Waals surface area (Å²) in [7, 11) is 0. The topological polar surface area (TPSA) is 9.23 Å². The molecule has 0 aromatic heterocycles. The van der Waals surface area contributed by atoms with Crippen LogP contribution in [0.5, 0.6) is 0 Å². The Morgan fingerprint density at radius 3 is 2.00 bits per heavy atom. The van der Waals surface area contributed by atoms with Gasteiger partial charge in [0, 0.05) is 6.61 Å². The van der Waals surface area contributed by atoms with Crippen molar-refractivity contribution in [3.63, 3.8) is 0 Å². The Morgan fingerprint density at radius 1 is 0.923 bits per heavy atom. The first-order chi connectivity index (χ1) is 6.24. The van der Waals surface area contributed by atoms with Gasteiger partial charge in [-0.05, 0) is 26.2 Å². The van der Waals surface area contributed by atoms with Gasteiger partial charge in [-0.2, -0.15) is 0 Å². The first-order valence-corrected chi connectivity index (χ1v) is 5.88. The predicted octanol–water partition coefficient (Wildman–Crippen LogP) is 4.16. The van der Waals surface area contributed by atoms with Crippen LogP contribution in [-0.2, 0) is 4.74 Å². The molecule has 0 aromatic carbocycles. The second kappa shape index (κ2) is 7.37. The molecule has 0 radical (unpaired) electrons. The van der Waals surface area contributed by atoms with E-state index in [1.54, 1.807) is 0 Å². The number of unbranched alkanes of at least 4 members (excludes halogenated alkanes) is 1. The fourth-order valence-electron chi connectivity index (χ4n) is 1.99. The van der Waals surface area contributed by atoms with Crippen molar-refractivity contribution < 1.29 is 4.74 Å². The summed E-state index contributed by atoms with van der Waals surface area (Å²) in [5, 5.41) is 0. The fourth-order valence-corrected chi connectivity index (χ4v) is 1.99. The van der Waals surface area contributed by atoms with Gasteiger partial charge in [0.25, 0.3) is 0 Å². The van der Waals surface area contributed by atoms with Crippen molar-refractivity contribution in [2.24, 2.45) is 0 Å². The van der Waals surface area contributed by atoms with Crippen LogP contribution in [0.4, 0.5) is 0 Å². The third kappa shape index (κ3) is 4.66. The van der Waals surface area contributed by atoms with Gasteiger partial charge in [-0.15, -0.1) is 0 Å². The summed E-state index contributed by atoms with van der Waals surface area (Å²) in [5.74, 6) is 0. The van der Waals surface area contributed by atoms with Gasteiger partial charge in [0.15, 0.2) is 0 Å². The lowest BCUT2D eigenvalue weighted by atomic mass is 9.89. The van der Waals surface area contributed by atoms with E-state index in [2.05, 4.69) is 27.7 Å². The summed E-state index contributed by atoms with van der Waals surface area (Å²) in [6, 6.07) is 0. The molecule has 1 atom stereocenters. The maximum Gasteiger partial charge on any atom is 0.0679 e. The summed E-state index contributed by atoms with van der Waals surface area (Å²) in [5.41, 5.74) is 0.194. The zero-order valence-electron chi connectivity index (χ0n) is 9.86. The van der Waals surface area contributed by atoms with Gasteiger partial charge >= 0.3 is 0 Å². The van der Waals surface area contributed by atoms with E-state index in [1.807, 2.05) is 0 Å². The van der Waals surface area contributed by atoms with Gasteiger partial charge in [0.1, 0.15) is 0 Å². The molecule has 1 unspecified atom stereocenters. The fraction of sp³-hybridized carbons (Fsp3) is 1.00. The SMILES string of the molecule is CCCCC(CC)(CCC)OCC. The standard InChI is InChI=1S/C12H26O/c1-5-9-11-12(7-3,10-6-2)13-8-4/h5-11H2,1-4H3. The minimum Gasteiger partial charge on any atom is -0.375 e. The quantitative estimate of drug-likeness (QED) is 0.553. The molecule has 0 spiro atoms. The molecular formula is C12H26O. The molecule has 0 aliphatic heterocycles. The molecule has 0 rings (SSSR count). The van der Waals surface area contributed by atoms with Crippen LogP contribution in [0.25, 0.3) is 0 Å². The smallest absolute Gasteiger partial charge is 0.0679 e. The molecule has 0 aliphatic rings. The van der Waals surface area contributed by atoms with E-state index < -0.39 is 0 Å². The third-order valence-electron chi connectivity index (χ3n) is 2.79. The van der Waals surface area contributed by atoms with Crippen LogP contribution in [-0.4, -0.2) is 12.2 Å². The second-order valence-corrected chi connectivity index (χ2v) is 3.82. The Bertz CT molecular complexity index is 104. The molecule has 0 heterocycles. The number of hydrogen-bond donors (Lipinski definition) is 0. The predicted molar refractivity (Wildman–Crippen MR) is 59.1 cm³/mol. The maximum atomic E-state index is 5.92. The summed E-state index contributed by atoms with van der Waals surface area (Å²) in [4.78, 5) is 0. The average molecular weight is 186 g/mol. The summed E-state index contributed by atoms with van der Waals surface area (Å²) < 4.78 is 5.92. The minimum absolute atomic E-state index is 0.194. The molecule has 0 N–H and O–H groups in total. The average Bonchev–Trinajstić information content (AvgIpc) is 2.15. The highest BCUT2D eigenvalue weighted by atomic mass is 16.5. The van der Waals surface area contributed by atoms with Gasteiger partial charge in [0.05, 0.1) is 5.60 Å². The molecule has 0 aliphatic carbocycles. The minimum atomic E-state index is 0.194. The van der Waals surface area contributed by atoms with Crippen molar-refractivity contribution in [3.8, 4) is 0 Å². The molecule has 0 bridgehead atoms. The van der Waals surface area contributed by atoms with Crippen molar-refractivity contribution in [1.29, 1.82) is 0 Å². The number of hydrogen-bond acceptors (Lipinski definition) is 1. The lowest BCUT2D eigenvalue weighted by Crippen LogP contribution is -2.31. The Balaban J connectivity index is 4.07. The Kier molecular flexibility index (Phi) is 7.35. The van der Waals surface area contributed by atoms with Crippen molar-refractivity contribution in [2.45, 2.75) is 71.8 Å². The summed E-state index contributed by atoms with van der Waals surface area (Å²) >= 11 is 0. The highest BCUT2D eigenvalue weighted by Gasteiger charge is 2.26. The molecular weight excluding hydrogens is 160 g/mol. The molecule has 1 nitrogen and oxygen atoms in total. The highest BCUT2D eigenvalue weighted by molar-refractivity contribution is 4.78. The largest absolute Gasteiger partial charge is 0.375 e. The lowest BCUT2D eigenvalue weighted by molar-refractivity contribution is -0.0562. The first-order valence-electron chi connectivity index (χ1n) is 5.88. The van der Waals surface area contributed by atoms with Crippen molar-refractivity contribution in [1.82, 2.24) is 0 Å². The van der Waals surface area contributed by atoms with Gasteiger partial charge in [0.2, 0.25) is 0 Å². The van der Waals surface area contributed by atoms with Gasteiger partial charge < -0.3 is 4.74 Å². The van der Waals surface area contributed by atoms with Crippen molar-refractivity contribution >= 4 is 0 Å². The molecule has 0 fully saturated rings. The Labute approximate surface area is 83.9 Å². The van der Waals surface area contributed by atoms with Crippen LogP contribution in [0.3, 0.4) is 0 Å². The van der Waals surface area contributed by atoms with Crippen LogP contribution in [0.2, 0.25) is 0 Å². The summed E-state index contributed by atoms with van der Waals surface area (Å²) in [6.45, 7) is 9.71. The summed E-state index contributed by atoms with van der Waals surface area (Å²) in [6.07, 6.45) is 7.43. The zero-order chi connectivity index (χ0) is 10.2. The van der Waals surface area contributed by atoms with E-state index in [4.69, 9.17) is 4.74 Å². The van der Waals surface area contributed by atoms with E-state index >= 15 is 0 Å². The van der Waals surface area contributed by atoms with E-state index in [-0.39, 0.29) is 5.60 Å². The maximum absolute atomic E-state index is 5.92. The second-order valence-electron chi connectivity index (χ2n) is 3.82. The monoisotopic (exact) mass is 186 g/mol. The van der Waals surface area contributed by atoms with Gasteiger partial charge in [-0.1, -0.05) is 40.0 Å². The van der Waals surface area contributed by atoms with Crippen LogP contribution in [0.15, 0.2) is 0 Å². The molecule has 0 saturated carbocycles. The van der Waals surface area contributed by atoms with E-state index in [1.165, 1.54) is 32.1 Å². The van der Waals surface area contributed by atoms with Crippen molar-refractivity contribution in [3.05, 3.63) is 0 Å². The molecule has 1 heteroatoms. The van der Waals surface area contributed by atoms with Crippen LogP contribution >= 0.6 is 0 Å². The molecule has 0 amide bonds. The van der Waals surface area contributed by atoms with E-state index in [0.717, 1.165) is 13.0 Å². The van der Waals surface area contributed by atoms with Gasteiger partial charge in [-0.25, -0.2) is 0 Å². The molecule has 0 aromatic rings.